The zero-order chi connectivity index (χ0) is 10.7. The van der Waals surface area contributed by atoms with Gasteiger partial charge in [0.05, 0.1) is 18.9 Å². The number of rotatable bonds is 5. The molecule has 1 saturated carbocycles. The molecule has 1 atom stereocenters. The monoisotopic (exact) mass is 207 g/mol. The topological polar surface area (TPSA) is 42.4 Å². The van der Waals surface area contributed by atoms with Crippen molar-refractivity contribution in [1.82, 2.24) is 4.98 Å². The Morgan fingerprint density at radius 2 is 2.33 bits per heavy atom. The molecule has 0 radical (unpaired) electrons. The van der Waals surface area contributed by atoms with Crippen LogP contribution in [0.5, 0.6) is 5.88 Å². The first-order valence-corrected chi connectivity index (χ1v) is 5.48. The number of methoxy groups -OCH3 is 1. The number of nitrogens with zero attached hydrogens (tertiary/aromatic N) is 1. The predicted molar refractivity (Wildman–Crippen MR) is 57.7 cm³/mol. The average Bonchev–Trinajstić information content (AvgIpc) is 3.10. The van der Waals surface area contributed by atoms with Crippen molar-refractivity contribution in [3.63, 3.8) is 0 Å². The molecular formula is C12H17NO2. The minimum atomic E-state index is -0.444. The Morgan fingerprint density at radius 1 is 1.53 bits per heavy atom. The van der Waals surface area contributed by atoms with E-state index in [1.54, 1.807) is 13.2 Å². The highest BCUT2D eigenvalue weighted by Gasteiger charge is 2.22. The molecule has 0 saturated heterocycles. The van der Waals surface area contributed by atoms with Crippen molar-refractivity contribution in [3.8, 4) is 5.88 Å². The highest BCUT2D eigenvalue weighted by atomic mass is 16.5. The summed E-state index contributed by atoms with van der Waals surface area (Å²) >= 11 is 0. The van der Waals surface area contributed by atoms with Crippen molar-refractivity contribution in [2.75, 3.05) is 7.11 Å². The average molecular weight is 207 g/mol. The molecule has 1 aliphatic carbocycles. The van der Waals surface area contributed by atoms with Gasteiger partial charge in [0.25, 0.3) is 0 Å². The summed E-state index contributed by atoms with van der Waals surface area (Å²) in [6, 6.07) is 5.50. The fourth-order valence-electron chi connectivity index (χ4n) is 1.68. The lowest BCUT2D eigenvalue weighted by molar-refractivity contribution is 0.156. The normalized spacial score (nSPS) is 17.5. The summed E-state index contributed by atoms with van der Waals surface area (Å²) in [5.41, 5.74) is 0.718. The summed E-state index contributed by atoms with van der Waals surface area (Å²) in [6.07, 6.45) is 4.14. The summed E-state index contributed by atoms with van der Waals surface area (Å²) < 4.78 is 5.02. The molecule has 0 bridgehead atoms. The lowest BCUT2D eigenvalue weighted by Gasteiger charge is -2.10. The van der Waals surface area contributed by atoms with E-state index in [1.807, 2.05) is 12.1 Å². The molecule has 82 valence electrons. The van der Waals surface area contributed by atoms with Crippen molar-refractivity contribution >= 4 is 0 Å². The first-order chi connectivity index (χ1) is 7.29. The molecule has 1 unspecified atom stereocenters. The van der Waals surface area contributed by atoms with E-state index in [-0.39, 0.29) is 0 Å². The maximum atomic E-state index is 9.90. The van der Waals surface area contributed by atoms with Crippen molar-refractivity contribution in [1.29, 1.82) is 0 Å². The van der Waals surface area contributed by atoms with Gasteiger partial charge in [0.1, 0.15) is 0 Å². The molecule has 1 N–H and O–H groups in total. The first-order valence-electron chi connectivity index (χ1n) is 5.48. The smallest absolute Gasteiger partial charge is 0.213 e. The second-order valence-electron chi connectivity index (χ2n) is 4.14. The number of aliphatic hydroxyl groups is 1. The van der Waals surface area contributed by atoms with Gasteiger partial charge in [-0.05, 0) is 24.8 Å². The molecule has 0 spiro atoms. The van der Waals surface area contributed by atoms with E-state index >= 15 is 0 Å². The maximum Gasteiger partial charge on any atom is 0.213 e. The maximum absolute atomic E-state index is 9.90. The highest BCUT2D eigenvalue weighted by Crippen LogP contribution is 2.35. The predicted octanol–water partition coefficient (Wildman–Crippen LogP) is 2.31. The summed E-state index contributed by atoms with van der Waals surface area (Å²) in [6.45, 7) is 0. The van der Waals surface area contributed by atoms with Crippen molar-refractivity contribution < 1.29 is 9.84 Å². The molecule has 0 amide bonds. The Balaban J connectivity index is 1.93. The molecule has 1 heterocycles. The first kappa shape index (κ1) is 10.4. The molecule has 3 nitrogen and oxygen atoms in total. The third kappa shape index (κ3) is 2.93. The zero-order valence-corrected chi connectivity index (χ0v) is 9.02. The van der Waals surface area contributed by atoms with Gasteiger partial charge >= 0.3 is 0 Å². The third-order valence-electron chi connectivity index (χ3n) is 2.84. The van der Waals surface area contributed by atoms with Crippen LogP contribution >= 0.6 is 0 Å². The van der Waals surface area contributed by atoms with Crippen LogP contribution in [0.1, 0.15) is 37.5 Å². The summed E-state index contributed by atoms with van der Waals surface area (Å²) in [5.74, 6) is 1.42. The Kier molecular flexibility index (Phi) is 3.21. The molecular weight excluding hydrogens is 190 g/mol. The summed E-state index contributed by atoms with van der Waals surface area (Å²) in [4.78, 5) is 4.22. The van der Waals surface area contributed by atoms with Gasteiger partial charge in [-0.15, -0.1) is 0 Å². The second kappa shape index (κ2) is 4.62. The molecule has 2 rings (SSSR count). The van der Waals surface area contributed by atoms with Crippen LogP contribution in [0.15, 0.2) is 18.2 Å². The largest absolute Gasteiger partial charge is 0.481 e. The van der Waals surface area contributed by atoms with Gasteiger partial charge in [-0.2, -0.15) is 0 Å². The minimum absolute atomic E-state index is 0.444. The summed E-state index contributed by atoms with van der Waals surface area (Å²) in [5, 5.41) is 9.90. The van der Waals surface area contributed by atoms with Gasteiger partial charge in [0.15, 0.2) is 0 Å². The molecule has 1 aliphatic rings. The molecule has 1 fully saturated rings. The number of ether oxygens (including phenoxy) is 1. The SMILES string of the molecule is COc1cccc(C(O)CCC2CC2)n1. The summed E-state index contributed by atoms with van der Waals surface area (Å²) in [7, 11) is 1.59. The van der Waals surface area contributed by atoms with E-state index in [0.717, 1.165) is 24.5 Å². The number of aromatic nitrogens is 1. The van der Waals surface area contributed by atoms with Gasteiger partial charge < -0.3 is 9.84 Å². The van der Waals surface area contributed by atoms with Crippen LogP contribution in [-0.2, 0) is 0 Å². The Labute approximate surface area is 90.1 Å². The molecule has 1 aromatic heterocycles. The van der Waals surface area contributed by atoms with Crippen LogP contribution in [-0.4, -0.2) is 17.2 Å². The lowest BCUT2D eigenvalue weighted by atomic mass is 10.1. The van der Waals surface area contributed by atoms with E-state index in [9.17, 15) is 5.11 Å². The van der Waals surface area contributed by atoms with Crippen molar-refractivity contribution in [2.24, 2.45) is 5.92 Å². The standard InChI is InChI=1S/C12H17NO2/c1-15-12-4-2-3-10(13-12)11(14)8-7-9-5-6-9/h2-4,9,11,14H,5-8H2,1H3. The Morgan fingerprint density at radius 3 is 3.00 bits per heavy atom. The zero-order valence-electron chi connectivity index (χ0n) is 9.02. The van der Waals surface area contributed by atoms with Crippen LogP contribution in [0.2, 0.25) is 0 Å². The van der Waals surface area contributed by atoms with Crippen LogP contribution in [0.4, 0.5) is 0 Å². The Bertz CT molecular complexity index is 323. The van der Waals surface area contributed by atoms with Gasteiger partial charge in [-0.1, -0.05) is 18.9 Å². The molecule has 1 aromatic rings. The van der Waals surface area contributed by atoms with Crippen molar-refractivity contribution in [3.05, 3.63) is 23.9 Å². The van der Waals surface area contributed by atoms with Gasteiger partial charge in [-0.3, -0.25) is 0 Å². The molecule has 0 aromatic carbocycles. The highest BCUT2D eigenvalue weighted by molar-refractivity contribution is 5.17. The Hall–Kier alpha value is -1.09. The lowest BCUT2D eigenvalue weighted by Crippen LogP contribution is -2.01. The van der Waals surface area contributed by atoms with Crippen LogP contribution in [0.25, 0.3) is 0 Å². The number of hydrogen-bond acceptors (Lipinski definition) is 3. The van der Waals surface area contributed by atoms with Crippen LogP contribution in [0, 0.1) is 5.92 Å². The van der Waals surface area contributed by atoms with Gasteiger partial charge in [0.2, 0.25) is 5.88 Å². The van der Waals surface area contributed by atoms with Gasteiger partial charge in [0, 0.05) is 6.07 Å². The number of hydrogen-bond donors (Lipinski definition) is 1. The third-order valence-corrected chi connectivity index (χ3v) is 2.84. The molecule has 15 heavy (non-hydrogen) atoms. The van der Waals surface area contributed by atoms with E-state index in [4.69, 9.17) is 4.74 Å². The van der Waals surface area contributed by atoms with E-state index in [0.29, 0.717) is 5.88 Å². The molecule has 0 aliphatic heterocycles. The van der Waals surface area contributed by atoms with Crippen molar-refractivity contribution in [2.45, 2.75) is 31.8 Å². The van der Waals surface area contributed by atoms with Gasteiger partial charge in [-0.25, -0.2) is 4.98 Å². The number of pyridine rings is 1. The molecule has 3 heteroatoms. The fourth-order valence-corrected chi connectivity index (χ4v) is 1.68. The van der Waals surface area contributed by atoms with Crippen LogP contribution < -0.4 is 4.74 Å². The fraction of sp³-hybridized carbons (Fsp3) is 0.583. The van der Waals surface area contributed by atoms with E-state index < -0.39 is 6.10 Å². The minimum Gasteiger partial charge on any atom is -0.481 e. The number of aliphatic hydroxyl groups excluding tert-OH is 1. The second-order valence-corrected chi connectivity index (χ2v) is 4.14. The van der Waals surface area contributed by atoms with E-state index in [1.165, 1.54) is 12.8 Å². The van der Waals surface area contributed by atoms with E-state index in [2.05, 4.69) is 4.98 Å². The van der Waals surface area contributed by atoms with Crippen LogP contribution in [0.3, 0.4) is 0 Å². The quantitative estimate of drug-likeness (QED) is 0.805.